The summed E-state index contributed by atoms with van der Waals surface area (Å²) >= 11 is 0. The SMILES string of the molecule is CCC(O)C1CCCCN1S(=O)(=O)c1c(C)noc1C. The fraction of sp³-hybridized carbons (Fsp3) is 0.769. The molecule has 0 amide bonds. The maximum absolute atomic E-state index is 12.8. The summed E-state index contributed by atoms with van der Waals surface area (Å²) in [4.78, 5) is 0.146. The van der Waals surface area contributed by atoms with Crippen LogP contribution < -0.4 is 0 Å². The molecule has 0 radical (unpaired) electrons. The van der Waals surface area contributed by atoms with Crippen LogP contribution in [0.3, 0.4) is 0 Å². The maximum Gasteiger partial charge on any atom is 0.248 e. The molecule has 2 unspecified atom stereocenters. The van der Waals surface area contributed by atoms with Gasteiger partial charge in [0.05, 0.1) is 12.1 Å². The van der Waals surface area contributed by atoms with Gasteiger partial charge in [-0.25, -0.2) is 8.42 Å². The molecule has 1 aliphatic rings. The zero-order valence-corrected chi connectivity index (χ0v) is 13.0. The second-order valence-electron chi connectivity index (χ2n) is 5.31. The molecule has 20 heavy (non-hydrogen) atoms. The summed E-state index contributed by atoms with van der Waals surface area (Å²) in [5.41, 5.74) is 0.373. The highest BCUT2D eigenvalue weighted by atomic mass is 32.2. The summed E-state index contributed by atoms with van der Waals surface area (Å²) in [7, 11) is -3.67. The third-order valence-corrected chi connectivity index (χ3v) is 6.06. The first kappa shape index (κ1) is 15.5. The van der Waals surface area contributed by atoms with Crippen LogP contribution >= 0.6 is 0 Å². The van der Waals surface area contributed by atoms with Crippen molar-refractivity contribution in [2.75, 3.05) is 6.54 Å². The summed E-state index contributed by atoms with van der Waals surface area (Å²) in [6.07, 6.45) is 2.35. The standard InChI is InChI=1S/C13H22N2O4S/c1-4-12(16)11-7-5-6-8-15(11)20(17,18)13-9(2)14-19-10(13)3/h11-12,16H,4-8H2,1-3H3. The summed E-state index contributed by atoms with van der Waals surface area (Å²) in [5, 5.41) is 13.8. The molecule has 0 aliphatic carbocycles. The second kappa shape index (κ2) is 5.83. The molecule has 0 spiro atoms. The number of sulfonamides is 1. The molecule has 0 saturated carbocycles. The minimum Gasteiger partial charge on any atom is -0.391 e. The molecule has 2 heterocycles. The molecule has 7 heteroatoms. The third kappa shape index (κ3) is 2.62. The zero-order valence-electron chi connectivity index (χ0n) is 12.2. The van der Waals surface area contributed by atoms with Gasteiger partial charge in [0.15, 0.2) is 5.76 Å². The van der Waals surface area contributed by atoms with E-state index >= 15 is 0 Å². The van der Waals surface area contributed by atoms with Crippen molar-refractivity contribution >= 4 is 10.0 Å². The van der Waals surface area contributed by atoms with Gasteiger partial charge in [-0.2, -0.15) is 4.31 Å². The van der Waals surface area contributed by atoms with Crippen molar-refractivity contribution in [2.24, 2.45) is 0 Å². The Morgan fingerprint density at radius 1 is 1.45 bits per heavy atom. The smallest absolute Gasteiger partial charge is 0.248 e. The first-order chi connectivity index (χ1) is 9.39. The van der Waals surface area contributed by atoms with Crippen LogP contribution in [0.15, 0.2) is 9.42 Å². The van der Waals surface area contributed by atoms with E-state index in [4.69, 9.17) is 4.52 Å². The molecule has 0 bridgehead atoms. The lowest BCUT2D eigenvalue weighted by Crippen LogP contribution is -2.49. The molecule has 1 aromatic rings. The van der Waals surface area contributed by atoms with Gasteiger partial charge in [0.1, 0.15) is 10.6 Å². The Morgan fingerprint density at radius 3 is 2.70 bits per heavy atom. The highest BCUT2D eigenvalue weighted by Gasteiger charge is 2.39. The lowest BCUT2D eigenvalue weighted by molar-refractivity contribution is 0.0667. The zero-order chi connectivity index (χ0) is 14.9. The van der Waals surface area contributed by atoms with Crippen LogP contribution in [0.2, 0.25) is 0 Å². The largest absolute Gasteiger partial charge is 0.391 e. The van der Waals surface area contributed by atoms with Gasteiger partial charge in [-0.05, 0) is 33.1 Å². The van der Waals surface area contributed by atoms with Gasteiger partial charge < -0.3 is 9.63 Å². The molecule has 1 aromatic heterocycles. The molecule has 0 aromatic carbocycles. The van der Waals surface area contributed by atoms with E-state index in [9.17, 15) is 13.5 Å². The van der Waals surface area contributed by atoms with Crippen molar-refractivity contribution < 1.29 is 18.0 Å². The molecule has 2 atom stereocenters. The van der Waals surface area contributed by atoms with Crippen LogP contribution in [0.1, 0.15) is 44.1 Å². The van der Waals surface area contributed by atoms with Gasteiger partial charge in [0.25, 0.3) is 0 Å². The number of aliphatic hydroxyl groups excluding tert-OH is 1. The molecule has 114 valence electrons. The lowest BCUT2D eigenvalue weighted by atomic mass is 9.98. The van der Waals surface area contributed by atoms with E-state index in [0.717, 1.165) is 12.8 Å². The Kier molecular flexibility index (Phi) is 4.51. The van der Waals surface area contributed by atoms with E-state index in [2.05, 4.69) is 5.16 Å². The number of aliphatic hydroxyl groups is 1. The van der Waals surface area contributed by atoms with Crippen molar-refractivity contribution in [3.63, 3.8) is 0 Å². The normalized spacial score (nSPS) is 22.9. The Bertz CT molecular complexity index is 547. The maximum atomic E-state index is 12.8. The van der Waals surface area contributed by atoms with Crippen LogP contribution in [0.4, 0.5) is 0 Å². The Hall–Kier alpha value is -0.920. The monoisotopic (exact) mass is 302 g/mol. The van der Waals surface area contributed by atoms with Gasteiger partial charge in [0, 0.05) is 6.54 Å². The van der Waals surface area contributed by atoms with Gasteiger partial charge in [-0.3, -0.25) is 0 Å². The average molecular weight is 302 g/mol. The van der Waals surface area contributed by atoms with E-state index in [1.807, 2.05) is 6.92 Å². The molecular weight excluding hydrogens is 280 g/mol. The van der Waals surface area contributed by atoms with Crippen LogP contribution in [-0.2, 0) is 10.0 Å². The van der Waals surface area contributed by atoms with Gasteiger partial charge in [-0.15, -0.1) is 0 Å². The highest BCUT2D eigenvalue weighted by molar-refractivity contribution is 7.89. The number of hydrogen-bond acceptors (Lipinski definition) is 5. The van der Waals surface area contributed by atoms with Crippen molar-refractivity contribution in [3.8, 4) is 0 Å². The van der Waals surface area contributed by atoms with E-state index in [0.29, 0.717) is 30.8 Å². The molecule has 1 saturated heterocycles. The lowest BCUT2D eigenvalue weighted by Gasteiger charge is -2.37. The number of aromatic nitrogens is 1. The minimum absolute atomic E-state index is 0.146. The Balaban J connectivity index is 2.41. The number of rotatable bonds is 4. The Morgan fingerprint density at radius 2 is 2.15 bits per heavy atom. The summed E-state index contributed by atoms with van der Waals surface area (Å²) in [6, 6.07) is -0.354. The number of nitrogens with zero attached hydrogens (tertiary/aromatic N) is 2. The molecule has 6 nitrogen and oxygen atoms in total. The minimum atomic E-state index is -3.67. The predicted molar refractivity (Wildman–Crippen MR) is 73.8 cm³/mol. The van der Waals surface area contributed by atoms with Gasteiger partial charge in [-0.1, -0.05) is 18.5 Å². The molecule has 1 N–H and O–H groups in total. The average Bonchev–Trinajstić information content (AvgIpc) is 2.77. The quantitative estimate of drug-likeness (QED) is 0.913. The van der Waals surface area contributed by atoms with Crippen LogP contribution in [0.25, 0.3) is 0 Å². The van der Waals surface area contributed by atoms with Crippen LogP contribution in [0.5, 0.6) is 0 Å². The fourth-order valence-corrected chi connectivity index (χ4v) is 4.86. The fourth-order valence-electron chi connectivity index (χ4n) is 2.85. The molecule has 1 fully saturated rings. The van der Waals surface area contributed by atoms with Crippen molar-refractivity contribution in [1.29, 1.82) is 0 Å². The van der Waals surface area contributed by atoms with Crippen molar-refractivity contribution in [1.82, 2.24) is 9.46 Å². The van der Waals surface area contributed by atoms with Gasteiger partial charge >= 0.3 is 0 Å². The molecular formula is C13H22N2O4S. The first-order valence-corrected chi connectivity index (χ1v) is 8.46. The number of aryl methyl sites for hydroxylation is 2. The van der Waals surface area contributed by atoms with E-state index in [1.54, 1.807) is 13.8 Å². The Labute approximate surface area is 119 Å². The van der Waals surface area contributed by atoms with Crippen molar-refractivity contribution in [2.45, 2.75) is 63.5 Å². The summed E-state index contributed by atoms with van der Waals surface area (Å²) in [6.45, 7) is 5.52. The predicted octanol–water partition coefficient (Wildman–Crippen LogP) is 1.61. The molecule has 2 rings (SSSR count). The van der Waals surface area contributed by atoms with Crippen LogP contribution in [0, 0.1) is 13.8 Å². The first-order valence-electron chi connectivity index (χ1n) is 7.02. The van der Waals surface area contributed by atoms with Crippen molar-refractivity contribution in [3.05, 3.63) is 11.5 Å². The van der Waals surface area contributed by atoms with E-state index < -0.39 is 16.1 Å². The van der Waals surface area contributed by atoms with E-state index in [1.165, 1.54) is 4.31 Å². The highest BCUT2D eigenvalue weighted by Crippen LogP contribution is 2.30. The van der Waals surface area contributed by atoms with Crippen LogP contribution in [-0.4, -0.2) is 41.7 Å². The summed E-state index contributed by atoms with van der Waals surface area (Å²) in [5.74, 6) is 0.304. The number of hydrogen-bond donors (Lipinski definition) is 1. The topological polar surface area (TPSA) is 83.6 Å². The van der Waals surface area contributed by atoms with Gasteiger partial charge in [0.2, 0.25) is 10.0 Å². The second-order valence-corrected chi connectivity index (χ2v) is 7.14. The third-order valence-electron chi connectivity index (χ3n) is 3.90. The molecule has 1 aliphatic heterocycles. The number of piperidine rings is 1. The summed E-state index contributed by atoms with van der Waals surface area (Å²) < 4.78 is 32.1. The van der Waals surface area contributed by atoms with E-state index in [-0.39, 0.29) is 10.9 Å².